The smallest absolute Gasteiger partial charge is 0.158 e. The largest absolute Gasteiger partial charge is 0.388 e. The molecule has 10 heavy (non-hydrogen) atoms. The Kier molecular flexibility index (Phi) is 2.02. The predicted octanol–water partition coefficient (Wildman–Crippen LogP) is 0.823. The molecular formula is C8H10O2. The van der Waals surface area contributed by atoms with E-state index in [4.69, 9.17) is 5.11 Å². The fraction of sp³-hybridized carbons (Fsp3) is 0.375. The van der Waals surface area contributed by atoms with Gasteiger partial charge in [0.1, 0.15) is 0 Å². The van der Waals surface area contributed by atoms with Crippen LogP contribution in [-0.4, -0.2) is 17.0 Å². The van der Waals surface area contributed by atoms with Gasteiger partial charge >= 0.3 is 0 Å². The quantitative estimate of drug-likeness (QED) is 0.582. The van der Waals surface area contributed by atoms with E-state index >= 15 is 0 Å². The fourth-order valence-corrected chi connectivity index (χ4v) is 1.00. The number of carbonyl (C=O) groups is 1. The number of hydrogen-bond acceptors (Lipinski definition) is 2. The average molecular weight is 138 g/mol. The lowest BCUT2D eigenvalue weighted by atomic mass is 10.2. The summed E-state index contributed by atoms with van der Waals surface area (Å²) in [6, 6.07) is 0. The van der Waals surface area contributed by atoms with Crippen molar-refractivity contribution in [2.75, 3.05) is 0 Å². The van der Waals surface area contributed by atoms with Gasteiger partial charge in [0, 0.05) is 6.42 Å². The van der Waals surface area contributed by atoms with Crippen LogP contribution in [0.1, 0.15) is 13.3 Å². The standard InChI is InChI=1S/C8H10O2/c1-2-3-6-4-7(9)5-8(6)10/h2-4,8,10H,5H2,1H3/b3-2+/t8-/m1/s1. The van der Waals surface area contributed by atoms with Gasteiger partial charge in [-0.3, -0.25) is 4.79 Å². The molecular weight excluding hydrogens is 128 g/mol. The number of ketones is 1. The van der Waals surface area contributed by atoms with Crippen LogP contribution in [0.25, 0.3) is 0 Å². The van der Waals surface area contributed by atoms with Crippen LogP contribution in [0.15, 0.2) is 23.8 Å². The first-order valence-corrected chi connectivity index (χ1v) is 3.29. The molecule has 0 radical (unpaired) electrons. The third-order valence-electron chi connectivity index (χ3n) is 1.47. The highest BCUT2D eigenvalue weighted by atomic mass is 16.3. The highest BCUT2D eigenvalue weighted by Gasteiger charge is 2.19. The molecule has 0 aromatic carbocycles. The molecule has 0 saturated heterocycles. The lowest BCUT2D eigenvalue weighted by Gasteiger charge is -1.99. The van der Waals surface area contributed by atoms with Crippen molar-refractivity contribution in [1.82, 2.24) is 0 Å². The number of aliphatic hydroxyl groups is 1. The van der Waals surface area contributed by atoms with Gasteiger partial charge in [0.2, 0.25) is 0 Å². The Hall–Kier alpha value is -0.890. The van der Waals surface area contributed by atoms with Gasteiger partial charge in [-0.2, -0.15) is 0 Å². The van der Waals surface area contributed by atoms with E-state index in [1.807, 2.05) is 13.0 Å². The van der Waals surface area contributed by atoms with E-state index in [9.17, 15) is 4.79 Å². The normalized spacial score (nSPS) is 26.0. The molecule has 1 N–H and O–H groups in total. The number of allylic oxidation sites excluding steroid dienone is 2. The molecule has 0 aromatic rings. The SMILES string of the molecule is C/C=C/C1=CC(=O)C[C@H]1O. The Balaban J connectivity index is 2.75. The van der Waals surface area contributed by atoms with E-state index in [0.717, 1.165) is 5.57 Å². The lowest BCUT2D eigenvalue weighted by molar-refractivity contribution is -0.114. The molecule has 1 aliphatic rings. The molecule has 2 nitrogen and oxygen atoms in total. The minimum atomic E-state index is -0.566. The van der Waals surface area contributed by atoms with Crippen molar-refractivity contribution in [2.45, 2.75) is 19.4 Å². The Labute approximate surface area is 59.9 Å². The maximum atomic E-state index is 10.7. The molecule has 0 saturated carbocycles. The molecule has 0 heterocycles. The van der Waals surface area contributed by atoms with E-state index in [-0.39, 0.29) is 12.2 Å². The predicted molar refractivity (Wildman–Crippen MR) is 38.5 cm³/mol. The highest BCUT2D eigenvalue weighted by Crippen LogP contribution is 2.16. The number of rotatable bonds is 1. The molecule has 0 aromatic heterocycles. The van der Waals surface area contributed by atoms with Crippen molar-refractivity contribution < 1.29 is 9.90 Å². The molecule has 0 bridgehead atoms. The van der Waals surface area contributed by atoms with Crippen molar-refractivity contribution in [1.29, 1.82) is 0 Å². The third-order valence-corrected chi connectivity index (χ3v) is 1.47. The highest BCUT2D eigenvalue weighted by molar-refractivity contribution is 5.94. The summed E-state index contributed by atoms with van der Waals surface area (Å²) < 4.78 is 0. The Morgan fingerprint density at radius 1 is 1.80 bits per heavy atom. The fourth-order valence-electron chi connectivity index (χ4n) is 1.00. The van der Waals surface area contributed by atoms with Crippen LogP contribution in [0.5, 0.6) is 0 Å². The number of hydrogen-bond donors (Lipinski definition) is 1. The molecule has 2 heteroatoms. The maximum absolute atomic E-state index is 10.7. The van der Waals surface area contributed by atoms with Gasteiger partial charge in [-0.05, 0) is 18.6 Å². The topological polar surface area (TPSA) is 37.3 Å². The zero-order valence-corrected chi connectivity index (χ0v) is 5.87. The van der Waals surface area contributed by atoms with Gasteiger partial charge in [0.05, 0.1) is 6.10 Å². The van der Waals surface area contributed by atoms with Crippen LogP contribution in [0.2, 0.25) is 0 Å². The van der Waals surface area contributed by atoms with Gasteiger partial charge in [0.25, 0.3) is 0 Å². The molecule has 1 atom stereocenters. The first-order chi connectivity index (χ1) is 4.74. The third kappa shape index (κ3) is 1.33. The second-order valence-electron chi connectivity index (χ2n) is 2.33. The van der Waals surface area contributed by atoms with Gasteiger partial charge in [0.15, 0.2) is 5.78 Å². The second kappa shape index (κ2) is 2.80. The maximum Gasteiger partial charge on any atom is 0.158 e. The lowest BCUT2D eigenvalue weighted by Crippen LogP contribution is -2.04. The van der Waals surface area contributed by atoms with Gasteiger partial charge in [-0.25, -0.2) is 0 Å². The molecule has 0 fully saturated rings. The number of aliphatic hydroxyl groups excluding tert-OH is 1. The minimum absolute atomic E-state index is 0.0144. The summed E-state index contributed by atoms with van der Waals surface area (Å²) >= 11 is 0. The summed E-state index contributed by atoms with van der Waals surface area (Å²) in [6.07, 6.45) is 4.75. The van der Waals surface area contributed by atoms with Crippen molar-refractivity contribution in [3.63, 3.8) is 0 Å². The van der Waals surface area contributed by atoms with Gasteiger partial charge in [-0.1, -0.05) is 12.2 Å². The Morgan fingerprint density at radius 2 is 2.50 bits per heavy atom. The van der Waals surface area contributed by atoms with Crippen molar-refractivity contribution in [3.05, 3.63) is 23.8 Å². The van der Waals surface area contributed by atoms with Crippen LogP contribution >= 0.6 is 0 Å². The molecule has 0 aliphatic heterocycles. The first kappa shape index (κ1) is 7.22. The molecule has 1 rings (SSSR count). The molecule has 0 spiro atoms. The van der Waals surface area contributed by atoms with E-state index in [1.54, 1.807) is 6.08 Å². The molecule has 0 unspecified atom stereocenters. The monoisotopic (exact) mass is 138 g/mol. The second-order valence-corrected chi connectivity index (χ2v) is 2.33. The Morgan fingerprint density at radius 3 is 2.90 bits per heavy atom. The summed E-state index contributed by atoms with van der Waals surface area (Å²) in [7, 11) is 0. The molecule has 1 aliphatic carbocycles. The first-order valence-electron chi connectivity index (χ1n) is 3.29. The zero-order chi connectivity index (χ0) is 7.56. The molecule has 0 amide bonds. The van der Waals surface area contributed by atoms with E-state index in [1.165, 1.54) is 6.08 Å². The summed E-state index contributed by atoms with van der Waals surface area (Å²) in [5.74, 6) is 0.0144. The van der Waals surface area contributed by atoms with Crippen molar-refractivity contribution in [3.8, 4) is 0 Å². The summed E-state index contributed by atoms with van der Waals surface area (Å²) in [6.45, 7) is 1.86. The van der Waals surface area contributed by atoms with Gasteiger partial charge < -0.3 is 5.11 Å². The number of carbonyl (C=O) groups excluding carboxylic acids is 1. The van der Waals surface area contributed by atoms with E-state index in [0.29, 0.717) is 0 Å². The van der Waals surface area contributed by atoms with E-state index in [2.05, 4.69) is 0 Å². The van der Waals surface area contributed by atoms with E-state index < -0.39 is 6.10 Å². The summed E-state index contributed by atoms with van der Waals surface area (Å²) in [5.41, 5.74) is 0.729. The average Bonchev–Trinajstić information content (AvgIpc) is 2.13. The van der Waals surface area contributed by atoms with Crippen LogP contribution in [-0.2, 0) is 4.79 Å². The van der Waals surface area contributed by atoms with Crippen molar-refractivity contribution >= 4 is 5.78 Å². The molecule has 54 valence electrons. The van der Waals surface area contributed by atoms with Crippen LogP contribution < -0.4 is 0 Å². The summed E-state index contributed by atoms with van der Waals surface area (Å²) in [5, 5.41) is 9.15. The minimum Gasteiger partial charge on any atom is -0.388 e. The van der Waals surface area contributed by atoms with Crippen LogP contribution in [0.4, 0.5) is 0 Å². The van der Waals surface area contributed by atoms with Crippen LogP contribution in [0.3, 0.4) is 0 Å². The Bertz CT molecular complexity index is 201. The zero-order valence-electron chi connectivity index (χ0n) is 5.87. The van der Waals surface area contributed by atoms with Gasteiger partial charge in [-0.15, -0.1) is 0 Å². The summed E-state index contributed by atoms with van der Waals surface area (Å²) in [4.78, 5) is 10.7. The van der Waals surface area contributed by atoms with Crippen LogP contribution in [0, 0.1) is 0 Å². The van der Waals surface area contributed by atoms with Crippen molar-refractivity contribution in [2.24, 2.45) is 0 Å².